The van der Waals surface area contributed by atoms with Crippen LogP contribution < -0.4 is 15.7 Å². The molecule has 0 spiro atoms. The van der Waals surface area contributed by atoms with Gasteiger partial charge in [0.05, 0.1) is 0 Å². The van der Waals surface area contributed by atoms with E-state index in [2.05, 4.69) is 5.32 Å². The molecule has 1 heterocycles. The van der Waals surface area contributed by atoms with E-state index in [4.69, 9.17) is 13.9 Å². The number of ether oxygens (including phenoxy) is 2. The summed E-state index contributed by atoms with van der Waals surface area (Å²) < 4.78 is 15.4. The molecule has 1 aromatic heterocycles. The maximum absolute atomic E-state index is 12.1. The van der Waals surface area contributed by atoms with Crippen molar-refractivity contribution >= 4 is 39.3 Å². The maximum Gasteiger partial charge on any atom is 0.344 e. The minimum atomic E-state index is -0.697. The highest BCUT2D eigenvalue weighted by atomic mass is 16.6. The van der Waals surface area contributed by atoms with Gasteiger partial charge < -0.3 is 19.2 Å². The summed E-state index contributed by atoms with van der Waals surface area (Å²) in [4.78, 5) is 35.3. The molecule has 1 amide bonds. The van der Waals surface area contributed by atoms with Gasteiger partial charge in [0.1, 0.15) is 11.3 Å². The molecule has 4 aromatic rings. The third kappa shape index (κ3) is 4.47. The number of carbonyl (C=O) groups is 2. The van der Waals surface area contributed by atoms with Gasteiger partial charge in [0.2, 0.25) is 0 Å². The van der Waals surface area contributed by atoms with Crippen molar-refractivity contribution in [2.24, 2.45) is 0 Å². The van der Waals surface area contributed by atoms with Gasteiger partial charge in [-0.05, 0) is 29.7 Å². The van der Waals surface area contributed by atoms with Gasteiger partial charge in [-0.15, -0.1) is 0 Å². The zero-order valence-corrected chi connectivity index (χ0v) is 15.8. The monoisotopic (exact) mass is 403 g/mol. The predicted molar refractivity (Wildman–Crippen MR) is 112 cm³/mol. The van der Waals surface area contributed by atoms with Gasteiger partial charge in [0.25, 0.3) is 5.91 Å². The van der Waals surface area contributed by atoms with E-state index in [0.717, 1.165) is 16.2 Å². The van der Waals surface area contributed by atoms with Crippen molar-refractivity contribution in [3.63, 3.8) is 0 Å². The van der Waals surface area contributed by atoms with Gasteiger partial charge in [-0.2, -0.15) is 0 Å². The van der Waals surface area contributed by atoms with Gasteiger partial charge in [-0.1, -0.05) is 36.4 Å². The second kappa shape index (κ2) is 8.48. The Morgan fingerprint density at radius 2 is 1.67 bits per heavy atom. The molecule has 0 bridgehead atoms. The molecule has 0 saturated heterocycles. The number of nitrogens with one attached hydrogen (secondary N) is 1. The highest BCUT2D eigenvalue weighted by Crippen LogP contribution is 2.23. The van der Waals surface area contributed by atoms with E-state index >= 15 is 0 Å². The second-order valence-corrected chi connectivity index (χ2v) is 6.48. The van der Waals surface area contributed by atoms with Crippen molar-refractivity contribution in [3.8, 4) is 5.75 Å². The van der Waals surface area contributed by atoms with Gasteiger partial charge in [-0.25, -0.2) is 9.59 Å². The number of benzene rings is 3. The van der Waals surface area contributed by atoms with Crippen LogP contribution >= 0.6 is 0 Å². The van der Waals surface area contributed by atoms with Crippen LogP contribution in [0.1, 0.15) is 0 Å². The van der Waals surface area contributed by atoms with Crippen molar-refractivity contribution in [2.75, 3.05) is 18.5 Å². The number of hydrogen-bond acceptors (Lipinski definition) is 6. The molecule has 0 atom stereocenters. The summed E-state index contributed by atoms with van der Waals surface area (Å²) in [7, 11) is 0. The summed E-state index contributed by atoms with van der Waals surface area (Å²) in [6.07, 6.45) is 0. The van der Waals surface area contributed by atoms with Crippen LogP contribution in [0.25, 0.3) is 21.7 Å². The molecule has 1 N–H and O–H groups in total. The Morgan fingerprint density at radius 3 is 2.57 bits per heavy atom. The van der Waals surface area contributed by atoms with Crippen molar-refractivity contribution in [2.45, 2.75) is 0 Å². The summed E-state index contributed by atoms with van der Waals surface area (Å²) >= 11 is 0. The number of anilines is 1. The molecule has 3 aromatic carbocycles. The second-order valence-electron chi connectivity index (χ2n) is 6.48. The van der Waals surface area contributed by atoms with Crippen LogP contribution in [0.4, 0.5) is 5.69 Å². The first kappa shape index (κ1) is 19.2. The van der Waals surface area contributed by atoms with E-state index < -0.39 is 24.1 Å². The van der Waals surface area contributed by atoms with Crippen molar-refractivity contribution < 1.29 is 23.5 Å². The lowest BCUT2D eigenvalue weighted by Gasteiger charge is -2.10. The standard InChI is InChI=1S/C23H17NO6/c25-21(24-19-7-3-5-15-4-1-2-6-18(15)19)13-29-23(27)14-28-17-10-8-16-9-11-22(26)30-20(16)12-17/h1-12H,13-14H2,(H,24,25). The van der Waals surface area contributed by atoms with Crippen LogP contribution in [0.5, 0.6) is 5.75 Å². The third-order valence-electron chi connectivity index (χ3n) is 4.38. The summed E-state index contributed by atoms with van der Waals surface area (Å²) in [5, 5.41) is 5.36. The smallest absolute Gasteiger partial charge is 0.344 e. The fraction of sp³-hybridized carbons (Fsp3) is 0.0870. The first-order valence-electron chi connectivity index (χ1n) is 9.18. The van der Waals surface area contributed by atoms with Gasteiger partial charge in [0, 0.05) is 28.6 Å². The summed E-state index contributed by atoms with van der Waals surface area (Å²) in [6, 6.07) is 21.0. The molecule has 0 aliphatic rings. The lowest BCUT2D eigenvalue weighted by atomic mass is 10.1. The number of amides is 1. The molecule has 150 valence electrons. The minimum absolute atomic E-state index is 0.342. The predicted octanol–water partition coefficient (Wildman–Crippen LogP) is 3.51. The molecule has 7 nitrogen and oxygen atoms in total. The first-order valence-corrected chi connectivity index (χ1v) is 9.18. The molecule has 7 heteroatoms. The van der Waals surface area contributed by atoms with E-state index in [1.54, 1.807) is 24.3 Å². The van der Waals surface area contributed by atoms with Crippen LogP contribution in [0.2, 0.25) is 0 Å². The first-order chi connectivity index (χ1) is 14.6. The lowest BCUT2D eigenvalue weighted by molar-refractivity contribution is -0.149. The number of hydrogen-bond donors (Lipinski definition) is 1. The van der Waals surface area contributed by atoms with Crippen LogP contribution in [-0.2, 0) is 14.3 Å². The van der Waals surface area contributed by atoms with Crippen LogP contribution in [-0.4, -0.2) is 25.1 Å². The Hall–Kier alpha value is -4.13. The molecule has 0 aliphatic carbocycles. The zero-order chi connectivity index (χ0) is 20.9. The fourth-order valence-corrected chi connectivity index (χ4v) is 2.98. The molecular weight excluding hydrogens is 386 g/mol. The number of fused-ring (bicyclic) bond motifs is 2. The molecule has 0 unspecified atom stereocenters. The summed E-state index contributed by atoms with van der Waals surface area (Å²) in [5.74, 6) is -0.807. The van der Waals surface area contributed by atoms with E-state index in [-0.39, 0.29) is 6.61 Å². The minimum Gasteiger partial charge on any atom is -0.482 e. The van der Waals surface area contributed by atoms with E-state index in [9.17, 15) is 14.4 Å². The molecule has 30 heavy (non-hydrogen) atoms. The van der Waals surface area contributed by atoms with Crippen LogP contribution in [0.15, 0.2) is 82.0 Å². The van der Waals surface area contributed by atoms with Gasteiger partial charge in [0.15, 0.2) is 13.2 Å². The molecule has 0 saturated carbocycles. The van der Waals surface area contributed by atoms with Crippen molar-refractivity contribution in [3.05, 3.63) is 83.2 Å². The average Bonchev–Trinajstić information content (AvgIpc) is 2.76. The quantitative estimate of drug-likeness (QED) is 0.391. The van der Waals surface area contributed by atoms with E-state index in [1.165, 1.54) is 12.1 Å². The molecule has 4 rings (SSSR count). The normalized spacial score (nSPS) is 10.7. The molecule has 0 aliphatic heterocycles. The van der Waals surface area contributed by atoms with Gasteiger partial charge >= 0.3 is 11.6 Å². The Bertz CT molecular complexity index is 1290. The number of carbonyl (C=O) groups excluding carboxylic acids is 2. The largest absolute Gasteiger partial charge is 0.482 e. The number of esters is 1. The summed E-state index contributed by atoms with van der Waals surface area (Å²) in [5.41, 5.74) is 0.516. The molecule has 0 fully saturated rings. The third-order valence-corrected chi connectivity index (χ3v) is 4.38. The SMILES string of the molecule is O=C(COC(=O)COc1ccc2ccc(=O)oc2c1)Nc1cccc2ccccc12. The van der Waals surface area contributed by atoms with Crippen molar-refractivity contribution in [1.82, 2.24) is 0 Å². The lowest BCUT2D eigenvalue weighted by Crippen LogP contribution is -2.23. The Balaban J connectivity index is 1.30. The Morgan fingerprint density at radius 1 is 0.867 bits per heavy atom. The summed E-state index contributed by atoms with van der Waals surface area (Å²) in [6.45, 7) is -0.817. The van der Waals surface area contributed by atoms with E-state index in [0.29, 0.717) is 17.0 Å². The maximum atomic E-state index is 12.1. The highest BCUT2D eigenvalue weighted by molar-refractivity contribution is 6.02. The molecular formula is C23H17NO6. The van der Waals surface area contributed by atoms with Crippen molar-refractivity contribution in [1.29, 1.82) is 0 Å². The molecule has 0 radical (unpaired) electrons. The van der Waals surface area contributed by atoms with Crippen LogP contribution in [0, 0.1) is 0 Å². The van der Waals surface area contributed by atoms with Crippen LogP contribution in [0.3, 0.4) is 0 Å². The van der Waals surface area contributed by atoms with Gasteiger partial charge in [-0.3, -0.25) is 4.79 Å². The Labute approximate surface area is 170 Å². The Kier molecular flexibility index (Phi) is 5.43. The average molecular weight is 403 g/mol. The zero-order valence-electron chi connectivity index (χ0n) is 15.8. The fourth-order valence-electron chi connectivity index (χ4n) is 2.98. The topological polar surface area (TPSA) is 94.8 Å². The van der Waals surface area contributed by atoms with E-state index in [1.807, 2.05) is 36.4 Å². The number of rotatable bonds is 6. The highest BCUT2D eigenvalue weighted by Gasteiger charge is 2.11.